The van der Waals surface area contributed by atoms with Crippen molar-refractivity contribution in [2.24, 2.45) is 0 Å². The van der Waals surface area contributed by atoms with E-state index >= 15 is 0 Å². The Morgan fingerprint density at radius 1 is 1.06 bits per heavy atom. The van der Waals surface area contributed by atoms with Gasteiger partial charge in [0.1, 0.15) is 0 Å². The fourth-order valence-electron chi connectivity index (χ4n) is 1.45. The van der Waals surface area contributed by atoms with Crippen LogP contribution in [0.2, 0.25) is 0 Å². The summed E-state index contributed by atoms with van der Waals surface area (Å²) in [7, 11) is 0. The summed E-state index contributed by atoms with van der Waals surface area (Å²) in [4.78, 5) is 0. The molecule has 0 bridgehead atoms. The molecule has 1 rings (SSSR count). The number of ether oxygens (including phenoxy) is 1. The lowest BCUT2D eigenvalue weighted by Gasteiger charge is -2.05. The van der Waals surface area contributed by atoms with Gasteiger partial charge in [0.25, 0.3) is 0 Å². The Kier molecular flexibility index (Phi) is 7.91. The third-order valence-electron chi connectivity index (χ3n) is 2.39. The largest absolute Gasteiger partial charge is 0.377 e. The molecule has 3 heteroatoms. The molecule has 0 aliphatic heterocycles. The van der Waals surface area contributed by atoms with E-state index in [4.69, 9.17) is 16.3 Å². The van der Waals surface area contributed by atoms with Crippen molar-refractivity contribution in [3.05, 3.63) is 34.3 Å². The van der Waals surface area contributed by atoms with Gasteiger partial charge in [0, 0.05) is 17.0 Å². The van der Waals surface area contributed by atoms with E-state index in [1.165, 1.54) is 18.4 Å². The van der Waals surface area contributed by atoms with Gasteiger partial charge in [0.05, 0.1) is 6.61 Å². The van der Waals surface area contributed by atoms with Crippen LogP contribution in [0.5, 0.6) is 0 Å². The zero-order valence-electron chi connectivity index (χ0n) is 9.42. The third kappa shape index (κ3) is 5.88. The number of unbranched alkanes of at least 4 members (excludes halogenated alkanes) is 3. The van der Waals surface area contributed by atoms with E-state index in [0.717, 1.165) is 29.8 Å². The lowest BCUT2D eigenvalue weighted by Crippen LogP contribution is -1.96. The molecule has 0 saturated heterocycles. The number of hydrogen-bond donors (Lipinski definition) is 0. The van der Waals surface area contributed by atoms with Gasteiger partial charge in [-0.05, 0) is 24.5 Å². The van der Waals surface area contributed by atoms with Crippen LogP contribution in [0.3, 0.4) is 0 Å². The summed E-state index contributed by atoms with van der Waals surface area (Å²) in [6.45, 7) is 1.53. The van der Waals surface area contributed by atoms with E-state index in [0.29, 0.717) is 6.61 Å². The second kappa shape index (κ2) is 9.03. The van der Waals surface area contributed by atoms with Crippen molar-refractivity contribution < 1.29 is 4.74 Å². The van der Waals surface area contributed by atoms with E-state index in [2.05, 4.69) is 22.0 Å². The van der Waals surface area contributed by atoms with Crippen LogP contribution in [-0.4, -0.2) is 12.5 Å². The molecule has 0 aromatic heterocycles. The maximum Gasteiger partial charge on any atom is 0.0727 e. The molecule has 0 N–H and O–H groups in total. The summed E-state index contributed by atoms with van der Waals surface area (Å²) in [6.07, 6.45) is 4.66. The van der Waals surface area contributed by atoms with E-state index < -0.39 is 0 Å². The van der Waals surface area contributed by atoms with E-state index in [1.54, 1.807) is 0 Å². The topological polar surface area (TPSA) is 9.23 Å². The molecule has 0 amide bonds. The van der Waals surface area contributed by atoms with Crippen molar-refractivity contribution in [2.45, 2.75) is 32.3 Å². The average Bonchev–Trinajstić information content (AvgIpc) is 2.30. The SMILES string of the molecule is ClCCCCCCOCc1ccccc1Br. The molecule has 1 nitrogen and oxygen atoms in total. The molecule has 16 heavy (non-hydrogen) atoms. The first-order valence-electron chi connectivity index (χ1n) is 5.71. The van der Waals surface area contributed by atoms with Crippen molar-refractivity contribution >= 4 is 27.5 Å². The van der Waals surface area contributed by atoms with Crippen LogP contribution in [0.15, 0.2) is 28.7 Å². The van der Waals surface area contributed by atoms with E-state index in [-0.39, 0.29) is 0 Å². The van der Waals surface area contributed by atoms with Gasteiger partial charge in [-0.15, -0.1) is 11.6 Å². The van der Waals surface area contributed by atoms with Crippen LogP contribution in [0.4, 0.5) is 0 Å². The minimum Gasteiger partial charge on any atom is -0.377 e. The zero-order valence-corrected chi connectivity index (χ0v) is 11.8. The van der Waals surface area contributed by atoms with Crippen LogP contribution < -0.4 is 0 Å². The summed E-state index contributed by atoms with van der Waals surface area (Å²) in [5.74, 6) is 0.776. The molecule has 1 aromatic rings. The highest BCUT2D eigenvalue weighted by Gasteiger charge is 1.97. The molecular weight excluding hydrogens is 287 g/mol. The second-order valence-corrected chi connectivity index (χ2v) is 4.98. The molecule has 0 spiro atoms. The third-order valence-corrected chi connectivity index (χ3v) is 3.43. The number of rotatable bonds is 8. The van der Waals surface area contributed by atoms with Crippen molar-refractivity contribution in [3.63, 3.8) is 0 Å². The van der Waals surface area contributed by atoms with Crippen LogP contribution in [-0.2, 0) is 11.3 Å². The second-order valence-electron chi connectivity index (χ2n) is 3.75. The molecule has 0 aliphatic carbocycles. The quantitative estimate of drug-likeness (QED) is 0.497. The maximum atomic E-state index is 5.62. The normalized spacial score (nSPS) is 10.6. The van der Waals surface area contributed by atoms with Gasteiger partial charge in [-0.25, -0.2) is 0 Å². The minimum atomic E-state index is 0.691. The number of alkyl halides is 1. The molecule has 0 atom stereocenters. The number of hydrogen-bond acceptors (Lipinski definition) is 1. The fraction of sp³-hybridized carbons (Fsp3) is 0.538. The van der Waals surface area contributed by atoms with Gasteiger partial charge in [0.2, 0.25) is 0 Å². The summed E-state index contributed by atoms with van der Waals surface area (Å²) < 4.78 is 6.74. The van der Waals surface area contributed by atoms with Gasteiger partial charge in [0.15, 0.2) is 0 Å². The molecule has 90 valence electrons. The van der Waals surface area contributed by atoms with E-state index in [9.17, 15) is 0 Å². The van der Waals surface area contributed by atoms with Crippen LogP contribution in [0.25, 0.3) is 0 Å². The molecule has 0 saturated carbocycles. The molecular formula is C13H18BrClO. The van der Waals surface area contributed by atoms with Gasteiger partial charge in [-0.1, -0.05) is 47.0 Å². The maximum absolute atomic E-state index is 5.62. The first kappa shape index (κ1) is 14.0. The van der Waals surface area contributed by atoms with Gasteiger partial charge < -0.3 is 4.74 Å². The smallest absolute Gasteiger partial charge is 0.0727 e. The minimum absolute atomic E-state index is 0.691. The van der Waals surface area contributed by atoms with Gasteiger partial charge in [-0.2, -0.15) is 0 Å². The van der Waals surface area contributed by atoms with E-state index in [1.807, 2.05) is 18.2 Å². The fourth-order valence-corrected chi connectivity index (χ4v) is 2.04. The Morgan fingerprint density at radius 3 is 2.56 bits per heavy atom. The average molecular weight is 306 g/mol. The van der Waals surface area contributed by atoms with Crippen LogP contribution >= 0.6 is 27.5 Å². The summed E-state index contributed by atoms with van der Waals surface area (Å²) in [5.41, 5.74) is 1.21. The predicted molar refractivity (Wildman–Crippen MR) is 73.0 cm³/mol. The lowest BCUT2D eigenvalue weighted by molar-refractivity contribution is 0.116. The summed E-state index contributed by atoms with van der Waals surface area (Å²) in [5, 5.41) is 0. The van der Waals surface area contributed by atoms with Crippen molar-refractivity contribution in [3.8, 4) is 0 Å². The Balaban J connectivity index is 2.05. The summed E-state index contributed by atoms with van der Waals surface area (Å²) >= 11 is 9.11. The van der Waals surface area contributed by atoms with Gasteiger partial charge >= 0.3 is 0 Å². The number of halogens is 2. The first-order chi connectivity index (χ1) is 7.84. The Morgan fingerprint density at radius 2 is 1.81 bits per heavy atom. The number of benzene rings is 1. The van der Waals surface area contributed by atoms with Crippen molar-refractivity contribution in [2.75, 3.05) is 12.5 Å². The molecule has 0 fully saturated rings. The zero-order chi connectivity index (χ0) is 11.6. The monoisotopic (exact) mass is 304 g/mol. The lowest BCUT2D eigenvalue weighted by atomic mass is 10.2. The van der Waals surface area contributed by atoms with Crippen molar-refractivity contribution in [1.29, 1.82) is 0 Å². The molecule has 0 radical (unpaired) electrons. The van der Waals surface area contributed by atoms with Gasteiger partial charge in [-0.3, -0.25) is 0 Å². The molecule has 0 unspecified atom stereocenters. The standard InChI is InChI=1S/C13H18BrClO/c14-13-8-4-3-7-12(13)11-16-10-6-2-1-5-9-15/h3-4,7-8H,1-2,5-6,9-11H2. The predicted octanol–water partition coefficient (Wildman–Crippen LogP) is 4.76. The Hall–Kier alpha value is -0.0500. The highest BCUT2D eigenvalue weighted by atomic mass is 79.9. The Bertz CT molecular complexity index is 291. The highest BCUT2D eigenvalue weighted by Crippen LogP contribution is 2.16. The highest BCUT2D eigenvalue weighted by molar-refractivity contribution is 9.10. The molecule has 1 aromatic carbocycles. The Labute approximate surface area is 111 Å². The first-order valence-corrected chi connectivity index (χ1v) is 7.04. The van der Waals surface area contributed by atoms with Crippen LogP contribution in [0, 0.1) is 0 Å². The molecule has 0 aliphatic rings. The summed E-state index contributed by atoms with van der Waals surface area (Å²) in [6, 6.07) is 8.17. The molecule has 0 heterocycles. The van der Waals surface area contributed by atoms with Crippen LogP contribution in [0.1, 0.15) is 31.2 Å². The van der Waals surface area contributed by atoms with Crippen molar-refractivity contribution in [1.82, 2.24) is 0 Å².